The fraction of sp³-hybridized carbons (Fsp3) is 0.391. The van der Waals surface area contributed by atoms with Gasteiger partial charge in [0.2, 0.25) is 0 Å². The number of ether oxygens (including phenoxy) is 2. The van der Waals surface area contributed by atoms with Gasteiger partial charge in [-0.25, -0.2) is 14.8 Å². The zero-order chi connectivity index (χ0) is 25.8. The van der Waals surface area contributed by atoms with Gasteiger partial charge in [-0.2, -0.15) is 0 Å². The minimum atomic E-state index is -1.28. The van der Waals surface area contributed by atoms with Crippen LogP contribution >= 0.6 is 0 Å². The molecule has 3 atom stereocenters. The van der Waals surface area contributed by atoms with Crippen molar-refractivity contribution in [2.45, 2.75) is 45.8 Å². The molecule has 3 amide bonds. The molecule has 0 bridgehead atoms. The van der Waals surface area contributed by atoms with Crippen molar-refractivity contribution < 1.29 is 24.2 Å². The number of aromatic nitrogens is 2. The van der Waals surface area contributed by atoms with Crippen LogP contribution < -0.4 is 15.5 Å². The molecule has 35 heavy (non-hydrogen) atoms. The highest BCUT2D eigenvalue weighted by atomic mass is 16.6. The summed E-state index contributed by atoms with van der Waals surface area (Å²) in [5.41, 5.74) is 0.990. The summed E-state index contributed by atoms with van der Waals surface area (Å²) >= 11 is 0. The number of rotatable bonds is 13. The Bertz CT molecular complexity index is 1010. The van der Waals surface area contributed by atoms with Crippen LogP contribution in [0.4, 0.5) is 16.4 Å². The average Bonchev–Trinajstić information content (AvgIpc) is 2.87. The van der Waals surface area contributed by atoms with E-state index in [0.717, 1.165) is 0 Å². The molecule has 1 aromatic carbocycles. The third-order valence-electron chi connectivity index (χ3n) is 4.92. The van der Waals surface area contributed by atoms with E-state index in [0.29, 0.717) is 23.5 Å². The molecule has 0 spiro atoms. The Morgan fingerprint density at radius 3 is 2.57 bits per heavy atom. The van der Waals surface area contributed by atoms with Gasteiger partial charge in [0, 0.05) is 29.0 Å². The fourth-order valence-corrected chi connectivity index (χ4v) is 3.13. The lowest BCUT2D eigenvalue weighted by Gasteiger charge is -2.32. The molecule has 188 valence electrons. The maximum absolute atomic E-state index is 12.0. The fourth-order valence-electron chi connectivity index (χ4n) is 3.13. The summed E-state index contributed by atoms with van der Waals surface area (Å²) in [6.07, 6.45) is -0.693. The van der Waals surface area contributed by atoms with Crippen LogP contribution in [0.2, 0.25) is 0 Å². The Morgan fingerprint density at radius 1 is 1.26 bits per heavy atom. The Balaban J connectivity index is 2.36. The topological polar surface area (TPSA) is 155 Å². The quantitative estimate of drug-likeness (QED) is 0.286. The molecule has 3 N–H and O–H groups in total. The van der Waals surface area contributed by atoms with E-state index in [1.165, 1.54) is 17.4 Å². The van der Waals surface area contributed by atoms with Crippen LogP contribution in [-0.2, 0) is 14.3 Å². The van der Waals surface area contributed by atoms with E-state index in [9.17, 15) is 19.6 Å². The molecule has 1 aromatic heterocycles. The van der Waals surface area contributed by atoms with E-state index < -0.39 is 30.6 Å². The van der Waals surface area contributed by atoms with Gasteiger partial charge in [0.05, 0.1) is 6.61 Å². The SMILES string of the molecule is C=CN(c1ncnc(NC(=O)NCC)c1C)C(CO[C@H](O)c1ccccc1)OC(CC)C(=O)N=O. The van der Waals surface area contributed by atoms with E-state index in [-0.39, 0.29) is 18.8 Å². The monoisotopic (exact) mass is 486 g/mol. The molecule has 0 aliphatic carbocycles. The predicted molar refractivity (Wildman–Crippen MR) is 129 cm³/mol. The summed E-state index contributed by atoms with van der Waals surface area (Å²) in [5, 5.41) is 18.2. The molecular formula is C23H30N6O6. The second kappa shape index (κ2) is 13.8. The van der Waals surface area contributed by atoms with Crippen LogP contribution in [-0.4, -0.2) is 52.5 Å². The van der Waals surface area contributed by atoms with Crippen molar-refractivity contribution >= 4 is 23.6 Å². The number of carbonyl (C=O) groups is 2. The van der Waals surface area contributed by atoms with Crippen LogP contribution in [0.5, 0.6) is 0 Å². The molecule has 0 saturated carbocycles. The predicted octanol–water partition coefficient (Wildman–Crippen LogP) is 3.00. The zero-order valence-electron chi connectivity index (χ0n) is 19.9. The van der Waals surface area contributed by atoms with Crippen LogP contribution in [0.3, 0.4) is 0 Å². The molecule has 2 aromatic rings. The molecule has 12 nitrogen and oxygen atoms in total. The van der Waals surface area contributed by atoms with Crippen LogP contribution in [0, 0.1) is 11.8 Å². The third-order valence-corrected chi connectivity index (χ3v) is 4.92. The second-order valence-corrected chi connectivity index (χ2v) is 7.26. The average molecular weight is 487 g/mol. The molecule has 0 saturated heterocycles. The zero-order valence-corrected chi connectivity index (χ0v) is 19.9. The number of nitrogens with one attached hydrogen (secondary N) is 2. The van der Waals surface area contributed by atoms with Gasteiger partial charge in [-0.1, -0.05) is 43.8 Å². The van der Waals surface area contributed by atoms with Gasteiger partial charge in [-0.3, -0.25) is 10.1 Å². The van der Waals surface area contributed by atoms with Crippen molar-refractivity contribution in [3.63, 3.8) is 0 Å². The van der Waals surface area contributed by atoms with Gasteiger partial charge in [0.15, 0.2) is 12.5 Å². The number of urea groups is 1. The van der Waals surface area contributed by atoms with Gasteiger partial charge in [0.1, 0.15) is 24.1 Å². The number of benzene rings is 1. The lowest BCUT2D eigenvalue weighted by atomic mass is 10.2. The van der Waals surface area contributed by atoms with Crippen molar-refractivity contribution in [1.29, 1.82) is 0 Å². The lowest BCUT2D eigenvalue weighted by molar-refractivity contribution is -0.153. The maximum Gasteiger partial charge on any atom is 0.320 e. The molecule has 0 aliphatic rings. The highest BCUT2D eigenvalue weighted by Crippen LogP contribution is 2.26. The highest BCUT2D eigenvalue weighted by molar-refractivity contribution is 5.89. The van der Waals surface area contributed by atoms with Crippen LogP contribution in [0.25, 0.3) is 0 Å². The van der Waals surface area contributed by atoms with Crippen LogP contribution in [0.15, 0.2) is 54.6 Å². The van der Waals surface area contributed by atoms with Crippen molar-refractivity contribution in [3.05, 3.63) is 65.5 Å². The number of nitrogens with zero attached hydrogens (tertiary/aromatic N) is 4. The number of aliphatic hydroxyl groups excluding tert-OH is 1. The summed E-state index contributed by atoms with van der Waals surface area (Å²) in [6, 6.07) is 8.24. The van der Waals surface area contributed by atoms with Crippen molar-refractivity contribution in [1.82, 2.24) is 15.3 Å². The van der Waals surface area contributed by atoms with Crippen molar-refractivity contribution in [2.75, 3.05) is 23.4 Å². The maximum atomic E-state index is 12.0. The number of carbonyl (C=O) groups excluding carboxylic acids is 2. The number of nitroso groups, excluding NO2 is 1. The normalized spacial score (nSPS) is 13.3. The Morgan fingerprint density at radius 2 is 1.97 bits per heavy atom. The molecule has 12 heteroatoms. The minimum absolute atomic E-state index is 0.167. The number of amides is 3. The standard InChI is InChI=1S/C23H30N6O6/c1-5-17(21(30)28-33)35-18(13-34-22(31)16-11-9-8-10-12-16)29(7-3)20-15(4)19(25-14-26-20)27-23(32)24-6-2/h7-12,14,17-18,22,31H,3,5-6,13H2,1-2,4H3,(H2,24,25,26,27,32)/t17?,18?,22-/m0/s1. The summed E-state index contributed by atoms with van der Waals surface area (Å²) in [5.74, 6) is -0.441. The Labute approximate surface area is 203 Å². The van der Waals surface area contributed by atoms with Gasteiger partial charge in [-0.15, -0.1) is 4.91 Å². The minimum Gasteiger partial charge on any atom is -0.364 e. The number of hydrogen-bond donors (Lipinski definition) is 3. The second-order valence-electron chi connectivity index (χ2n) is 7.26. The van der Waals surface area contributed by atoms with E-state index in [1.54, 1.807) is 51.1 Å². The van der Waals surface area contributed by atoms with E-state index in [1.807, 2.05) is 0 Å². The van der Waals surface area contributed by atoms with Gasteiger partial charge < -0.3 is 24.8 Å². The molecule has 0 radical (unpaired) electrons. The van der Waals surface area contributed by atoms with Crippen molar-refractivity contribution in [2.24, 2.45) is 5.18 Å². The molecule has 1 heterocycles. The van der Waals surface area contributed by atoms with E-state index in [2.05, 4.69) is 32.4 Å². The summed E-state index contributed by atoms with van der Waals surface area (Å²) in [4.78, 5) is 44.6. The first-order valence-electron chi connectivity index (χ1n) is 11.0. The van der Waals surface area contributed by atoms with Gasteiger partial charge >= 0.3 is 11.9 Å². The third kappa shape index (κ3) is 7.64. The van der Waals surface area contributed by atoms with E-state index >= 15 is 0 Å². The number of anilines is 2. The summed E-state index contributed by atoms with van der Waals surface area (Å²) in [6.45, 7) is 9.10. The largest absolute Gasteiger partial charge is 0.364 e. The molecule has 0 aliphatic heterocycles. The lowest BCUT2D eigenvalue weighted by Crippen LogP contribution is -2.42. The van der Waals surface area contributed by atoms with Gasteiger partial charge in [0.25, 0.3) is 0 Å². The van der Waals surface area contributed by atoms with E-state index in [4.69, 9.17) is 9.47 Å². The molecular weight excluding hydrogens is 456 g/mol. The smallest absolute Gasteiger partial charge is 0.320 e. The molecule has 0 fully saturated rings. The number of aliphatic hydroxyl groups is 1. The Hall–Kier alpha value is -3.74. The number of hydrogen-bond acceptors (Lipinski definition) is 9. The molecule has 2 unspecified atom stereocenters. The van der Waals surface area contributed by atoms with Crippen molar-refractivity contribution in [3.8, 4) is 0 Å². The first kappa shape index (κ1) is 27.5. The summed E-state index contributed by atoms with van der Waals surface area (Å²) < 4.78 is 11.5. The Kier molecular flexibility index (Phi) is 10.9. The summed E-state index contributed by atoms with van der Waals surface area (Å²) in [7, 11) is 0. The highest BCUT2D eigenvalue weighted by Gasteiger charge is 2.29. The van der Waals surface area contributed by atoms with Crippen LogP contribution in [0.1, 0.15) is 37.7 Å². The first-order valence-corrected chi connectivity index (χ1v) is 11.0. The van der Waals surface area contributed by atoms with Gasteiger partial charge in [-0.05, 0) is 20.3 Å². The molecule has 2 rings (SSSR count). The first-order chi connectivity index (χ1) is 16.9.